The molecule has 1 fully saturated rings. The number of hydrogen-bond acceptors (Lipinski definition) is 10. The maximum absolute atomic E-state index is 10.6. The number of nitrogens with zero attached hydrogens (tertiary/aromatic N) is 8. The molecule has 4 aromatic heterocycles. The third-order valence-corrected chi connectivity index (χ3v) is 8.61. The number of carboxylic acid groups (broad SMARTS) is 1. The van der Waals surface area contributed by atoms with Gasteiger partial charge in [0.05, 0.1) is 23.0 Å². The molecule has 6 rings (SSSR count). The maximum Gasteiger partial charge on any atom is 0.490 e. The molecule has 0 saturated carbocycles. The van der Waals surface area contributed by atoms with Gasteiger partial charge in [0.25, 0.3) is 0 Å². The highest BCUT2D eigenvalue weighted by Crippen LogP contribution is 2.48. The van der Waals surface area contributed by atoms with Crippen LogP contribution in [0.15, 0.2) is 59.4 Å². The van der Waals surface area contributed by atoms with Gasteiger partial charge < -0.3 is 21.5 Å². The zero-order valence-corrected chi connectivity index (χ0v) is 22.8. The lowest BCUT2D eigenvalue weighted by Gasteiger charge is -2.41. The summed E-state index contributed by atoms with van der Waals surface area (Å²) in [6.07, 6.45) is 7.29. The number of piperidine rings is 1. The molecular formula is C24H24ClF3N10O2S. The summed E-state index contributed by atoms with van der Waals surface area (Å²) < 4.78 is 35.5. The number of carbonyl (C=O) groups is 1. The normalized spacial score (nSPS) is 17.7. The van der Waals surface area contributed by atoms with E-state index >= 15 is 0 Å². The minimum Gasteiger partial charge on any atom is -0.475 e. The third-order valence-electron chi connectivity index (χ3n) is 7.06. The van der Waals surface area contributed by atoms with E-state index in [1.165, 1.54) is 11.8 Å². The number of anilines is 2. The molecule has 0 radical (unpaired) electrons. The Bertz CT molecular complexity index is 1540. The Labute approximate surface area is 240 Å². The highest BCUT2D eigenvalue weighted by atomic mass is 35.5. The lowest BCUT2D eigenvalue weighted by molar-refractivity contribution is -0.192. The van der Waals surface area contributed by atoms with Crippen LogP contribution in [0.2, 0.25) is 5.02 Å². The van der Waals surface area contributed by atoms with Gasteiger partial charge in [0.1, 0.15) is 17.2 Å². The van der Waals surface area contributed by atoms with Crippen molar-refractivity contribution >= 4 is 41.0 Å². The van der Waals surface area contributed by atoms with E-state index in [-0.39, 0.29) is 11.5 Å². The highest BCUT2D eigenvalue weighted by Gasteiger charge is 2.47. The largest absolute Gasteiger partial charge is 0.490 e. The first-order valence-corrected chi connectivity index (χ1v) is 13.4. The first-order valence-electron chi connectivity index (χ1n) is 12.2. The van der Waals surface area contributed by atoms with Crippen molar-refractivity contribution in [3.05, 3.63) is 60.2 Å². The monoisotopic (exact) mass is 608 g/mol. The Kier molecular flexibility index (Phi) is 7.80. The molecule has 6 heterocycles. The quantitative estimate of drug-likeness (QED) is 0.310. The van der Waals surface area contributed by atoms with E-state index in [0.717, 1.165) is 48.9 Å². The summed E-state index contributed by atoms with van der Waals surface area (Å²) in [6.45, 7) is 2.58. The van der Waals surface area contributed by atoms with Gasteiger partial charge in [-0.2, -0.15) is 18.3 Å². The number of aromatic nitrogens is 7. The number of aliphatic carboxylic acids is 1. The van der Waals surface area contributed by atoms with Gasteiger partial charge in [0.15, 0.2) is 11.6 Å². The maximum atomic E-state index is 10.6. The summed E-state index contributed by atoms with van der Waals surface area (Å²) >= 11 is 7.97. The van der Waals surface area contributed by atoms with Gasteiger partial charge in [0.2, 0.25) is 0 Å². The van der Waals surface area contributed by atoms with Gasteiger partial charge in [-0.05, 0) is 25.0 Å². The molecule has 2 aliphatic heterocycles. The number of nitrogen functional groups attached to an aromatic ring is 1. The van der Waals surface area contributed by atoms with Crippen molar-refractivity contribution in [1.29, 1.82) is 0 Å². The zero-order valence-electron chi connectivity index (χ0n) is 21.2. The number of rotatable bonds is 4. The molecule has 0 bridgehead atoms. The third kappa shape index (κ3) is 5.80. The second-order valence-corrected chi connectivity index (χ2v) is 10.9. The van der Waals surface area contributed by atoms with E-state index < -0.39 is 12.1 Å². The summed E-state index contributed by atoms with van der Waals surface area (Å²) in [4.78, 5) is 29.6. The molecule has 12 nitrogen and oxygen atoms in total. The number of alkyl halides is 3. The minimum absolute atomic E-state index is 0.0180. The van der Waals surface area contributed by atoms with Crippen LogP contribution in [-0.2, 0) is 11.3 Å². The summed E-state index contributed by atoms with van der Waals surface area (Å²) in [5.41, 5.74) is 14.1. The van der Waals surface area contributed by atoms with Gasteiger partial charge in [0, 0.05) is 54.7 Å². The number of hydrogen-bond donors (Lipinski definition) is 3. The second-order valence-electron chi connectivity index (χ2n) is 9.48. The van der Waals surface area contributed by atoms with Crippen molar-refractivity contribution in [1.82, 2.24) is 34.3 Å². The van der Waals surface area contributed by atoms with Crippen LogP contribution in [0.3, 0.4) is 0 Å². The predicted molar refractivity (Wildman–Crippen MR) is 144 cm³/mol. The number of fused-ring (bicyclic) bond motifs is 1. The smallest absolute Gasteiger partial charge is 0.475 e. The van der Waals surface area contributed by atoms with Gasteiger partial charge in [-0.1, -0.05) is 23.4 Å². The molecule has 2 aliphatic rings. The van der Waals surface area contributed by atoms with Gasteiger partial charge in [-0.15, -0.1) is 0 Å². The lowest BCUT2D eigenvalue weighted by Crippen LogP contribution is -2.45. The Morgan fingerprint density at radius 1 is 1.17 bits per heavy atom. The summed E-state index contributed by atoms with van der Waals surface area (Å²) in [7, 11) is 0. The molecule has 216 valence electrons. The van der Waals surface area contributed by atoms with Crippen molar-refractivity contribution in [3.8, 4) is 5.82 Å². The standard InChI is InChI=1S/C22H23ClN10S.C2HF3O2/c23-17-15(2-5-27-20(17)32-10-7-26-13-32)34-21-19(25)30-16(11-28-21)31-8-3-22(4-9-31)12-33-14(18(22)24)1-6-29-33;3-2(4,5)1(6)7/h1-2,5-7,10-11,13,18H,3-4,8-9,12,24H2,(H2,25,30);(H,6,7)/t18-;/m1./s1. The molecule has 4 aromatic rings. The number of carboxylic acids is 1. The summed E-state index contributed by atoms with van der Waals surface area (Å²) in [6, 6.07) is 3.88. The van der Waals surface area contributed by atoms with Crippen molar-refractivity contribution in [2.45, 2.75) is 41.5 Å². The van der Waals surface area contributed by atoms with Crippen LogP contribution < -0.4 is 16.4 Å². The van der Waals surface area contributed by atoms with E-state index in [4.69, 9.17) is 33.0 Å². The first kappa shape index (κ1) is 28.6. The number of pyridine rings is 1. The summed E-state index contributed by atoms with van der Waals surface area (Å²) in [5, 5.41) is 12.7. The van der Waals surface area contributed by atoms with E-state index in [1.54, 1.807) is 35.7 Å². The van der Waals surface area contributed by atoms with Gasteiger partial charge >= 0.3 is 12.1 Å². The lowest BCUT2D eigenvalue weighted by atomic mass is 9.73. The van der Waals surface area contributed by atoms with Gasteiger partial charge in [-0.3, -0.25) is 9.25 Å². The van der Waals surface area contributed by atoms with Crippen LogP contribution in [0.25, 0.3) is 5.82 Å². The van der Waals surface area contributed by atoms with E-state index in [2.05, 4.69) is 29.9 Å². The molecule has 17 heteroatoms. The number of imidazole rings is 1. The second kappa shape index (κ2) is 11.2. The molecule has 1 spiro atoms. The van der Waals surface area contributed by atoms with Crippen LogP contribution in [-0.4, -0.2) is 64.6 Å². The van der Waals surface area contributed by atoms with Crippen molar-refractivity contribution < 1.29 is 23.1 Å². The average Bonchev–Trinajstić information content (AvgIpc) is 3.67. The van der Waals surface area contributed by atoms with Crippen LogP contribution in [0, 0.1) is 5.41 Å². The topological polar surface area (TPSA) is 167 Å². The fraction of sp³-hybridized carbons (Fsp3) is 0.333. The van der Waals surface area contributed by atoms with E-state index in [9.17, 15) is 13.2 Å². The molecule has 1 atom stereocenters. The fourth-order valence-electron chi connectivity index (χ4n) is 4.88. The summed E-state index contributed by atoms with van der Waals surface area (Å²) in [5.74, 6) is -1.01. The van der Waals surface area contributed by atoms with Crippen LogP contribution in [0.1, 0.15) is 24.6 Å². The van der Waals surface area contributed by atoms with Crippen LogP contribution in [0.5, 0.6) is 0 Å². The molecule has 0 amide bonds. The first-order chi connectivity index (χ1) is 19.5. The molecule has 0 unspecified atom stereocenters. The van der Waals surface area contributed by atoms with Gasteiger partial charge in [-0.25, -0.2) is 24.7 Å². The number of nitrogens with two attached hydrogens (primary N) is 2. The Morgan fingerprint density at radius 3 is 2.51 bits per heavy atom. The average molecular weight is 609 g/mol. The highest BCUT2D eigenvalue weighted by molar-refractivity contribution is 7.99. The molecule has 41 heavy (non-hydrogen) atoms. The fourth-order valence-corrected chi connectivity index (χ4v) is 5.98. The minimum atomic E-state index is -5.08. The Morgan fingerprint density at radius 2 is 1.90 bits per heavy atom. The SMILES string of the molecule is Nc1nc(N2CCC3(CC2)Cn2nccc2[C@H]3N)cnc1Sc1ccnc(-n2ccnc2)c1Cl.O=C(O)C(F)(F)F. The van der Waals surface area contributed by atoms with Crippen LogP contribution >= 0.6 is 23.4 Å². The zero-order chi connectivity index (χ0) is 29.4. The molecule has 5 N–H and O–H groups in total. The molecular weight excluding hydrogens is 585 g/mol. The van der Waals surface area contributed by atoms with Crippen LogP contribution in [0.4, 0.5) is 24.8 Å². The van der Waals surface area contributed by atoms with Crippen molar-refractivity contribution in [2.24, 2.45) is 11.1 Å². The molecule has 0 aliphatic carbocycles. The number of halogens is 4. The van der Waals surface area contributed by atoms with Crippen molar-refractivity contribution in [2.75, 3.05) is 23.7 Å². The predicted octanol–water partition coefficient (Wildman–Crippen LogP) is 3.57. The Balaban J connectivity index is 0.000000431. The molecule has 0 aromatic carbocycles. The van der Waals surface area contributed by atoms with E-state index in [0.29, 0.717) is 21.7 Å². The van der Waals surface area contributed by atoms with E-state index in [1.807, 2.05) is 23.0 Å². The molecule has 1 saturated heterocycles. The van der Waals surface area contributed by atoms with Crippen molar-refractivity contribution in [3.63, 3.8) is 0 Å². The Hall–Kier alpha value is -3.89.